The van der Waals surface area contributed by atoms with Crippen LogP contribution in [0, 0.1) is 17.8 Å². The number of hydrogen-bond acceptors (Lipinski definition) is 5. The second-order valence-electron chi connectivity index (χ2n) is 11.6. The fraction of sp³-hybridized carbons (Fsp3) is 0.636. The van der Waals surface area contributed by atoms with Crippen LogP contribution in [0.3, 0.4) is 0 Å². The predicted octanol–water partition coefficient (Wildman–Crippen LogP) is 5.31. The van der Waals surface area contributed by atoms with E-state index in [1.165, 1.54) is 38.2 Å². The molecule has 4 unspecified atom stereocenters. The molecule has 9 heteroatoms. The summed E-state index contributed by atoms with van der Waals surface area (Å²) in [5.41, 5.74) is 6.75. The van der Waals surface area contributed by atoms with Gasteiger partial charge in [-0.2, -0.15) is 0 Å². The summed E-state index contributed by atoms with van der Waals surface area (Å²) in [6.07, 6.45) is 24.5. The Balaban J connectivity index is 1.97. The first-order chi connectivity index (χ1) is 20.2. The van der Waals surface area contributed by atoms with Gasteiger partial charge < -0.3 is 31.2 Å². The number of carbonyl (C=O) groups excluding carboxylic acids is 1. The van der Waals surface area contributed by atoms with Gasteiger partial charge in [0, 0.05) is 5.92 Å². The van der Waals surface area contributed by atoms with Crippen molar-refractivity contribution < 1.29 is 29.7 Å². The quantitative estimate of drug-likeness (QED) is 0.0259. The summed E-state index contributed by atoms with van der Waals surface area (Å²) in [5, 5.41) is 32.6. The lowest BCUT2D eigenvalue weighted by atomic mass is 9.87. The molecule has 0 bridgehead atoms. The van der Waals surface area contributed by atoms with Crippen molar-refractivity contribution in [1.29, 1.82) is 0 Å². The number of aldehydes is 1. The normalized spacial score (nSPS) is 21.9. The highest BCUT2D eigenvalue weighted by Gasteiger charge is 2.21. The molecule has 2 rings (SSSR count). The van der Waals surface area contributed by atoms with E-state index < -0.39 is 24.1 Å². The third kappa shape index (κ3) is 13.6. The summed E-state index contributed by atoms with van der Waals surface area (Å²) in [6, 6.07) is -1.08. The molecule has 4 atom stereocenters. The van der Waals surface area contributed by atoms with Crippen LogP contribution in [-0.4, -0.2) is 58.2 Å². The molecule has 1 fully saturated rings. The minimum Gasteiger partial charge on any atom is -0.479 e. The molecule has 0 aliphatic heterocycles. The van der Waals surface area contributed by atoms with E-state index in [2.05, 4.69) is 23.3 Å². The minimum atomic E-state index is -1.24. The van der Waals surface area contributed by atoms with Gasteiger partial charge in [0.2, 0.25) is 0 Å². The van der Waals surface area contributed by atoms with Crippen molar-refractivity contribution in [1.82, 2.24) is 5.32 Å². The number of nitrogens with two attached hydrogens (primary N) is 1. The Bertz CT molecular complexity index is 1010. The molecule has 2 aliphatic rings. The SMILES string of the molecule is CCCCCC(=C/C(NC(N)=NC/C=C(\C(=O)O)C(O)CCCC1C=CC(C=O)C1)C(=O)O)/C=C/CC1CCCCC1. The maximum Gasteiger partial charge on any atom is 0.333 e. The number of nitrogens with zero attached hydrogens (tertiary/aromatic N) is 1. The lowest BCUT2D eigenvalue weighted by Crippen LogP contribution is -2.43. The first-order valence-corrected chi connectivity index (χ1v) is 15.6. The molecular formula is C33H51N3O6. The molecule has 0 aromatic carbocycles. The molecule has 9 nitrogen and oxygen atoms in total. The van der Waals surface area contributed by atoms with E-state index in [0.717, 1.165) is 56.8 Å². The van der Waals surface area contributed by atoms with Gasteiger partial charge in [-0.05, 0) is 74.5 Å². The Morgan fingerprint density at radius 3 is 2.52 bits per heavy atom. The van der Waals surface area contributed by atoms with E-state index in [0.29, 0.717) is 12.3 Å². The number of unbranched alkanes of at least 4 members (excludes halogenated alkanes) is 2. The summed E-state index contributed by atoms with van der Waals surface area (Å²) in [4.78, 5) is 38.8. The molecule has 0 aromatic rings. The number of carbonyl (C=O) groups is 3. The molecule has 234 valence electrons. The highest BCUT2D eigenvalue weighted by Crippen LogP contribution is 2.28. The number of aliphatic hydroxyl groups is 1. The van der Waals surface area contributed by atoms with E-state index in [-0.39, 0.29) is 36.3 Å². The van der Waals surface area contributed by atoms with E-state index >= 15 is 0 Å². The van der Waals surface area contributed by atoms with Crippen molar-refractivity contribution in [2.75, 3.05) is 6.54 Å². The van der Waals surface area contributed by atoms with Crippen molar-refractivity contribution in [3.05, 3.63) is 47.6 Å². The Kier molecular flexibility index (Phi) is 16.5. The molecule has 1 saturated carbocycles. The predicted molar refractivity (Wildman–Crippen MR) is 166 cm³/mol. The van der Waals surface area contributed by atoms with Crippen molar-refractivity contribution in [2.24, 2.45) is 28.5 Å². The molecule has 6 N–H and O–H groups in total. The number of guanidine groups is 1. The smallest absolute Gasteiger partial charge is 0.333 e. The number of hydrogen-bond donors (Lipinski definition) is 5. The van der Waals surface area contributed by atoms with Crippen LogP contribution in [0.5, 0.6) is 0 Å². The van der Waals surface area contributed by atoms with E-state index in [1.807, 2.05) is 18.2 Å². The van der Waals surface area contributed by atoms with Gasteiger partial charge in [-0.3, -0.25) is 0 Å². The number of carboxylic acid groups (broad SMARTS) is 2. The van der Waals surface area contributed by atoms with Gasteiger partial charge in [-0.1, -0.05) is 76.2 Å². The zero-order valence-electron chi connectivity index (χ0n) is 25.1. The average molecular weight is 586 g/mol. The van der Waals surface area contributed by atoms with E-state index in [1.54, 1.807) is 6.08 Å². The summed E-state index contributed by atoms with van der Waals surface area (Å²) in [7, 11) is 0. The lowest BCUT2D eigenvalue weighted by molar-refractivity contribution is -0.138. The van der Waals surface area contributed by atoms with Crippen LogP contribution in [-0.2, 0) is 14.4 Å². The standard InChI is InChI=1S/C33H51N3O6/c1-2-3-5-12-25(14-8-13-24-10-6-4-7-11-24)22-29(32(41)42)36-33(34)35-20-19-28(31(39)40)30(38)16-9-15-26-17-18-27(21-26)23-37/h8,14,17-19,22-24,26-27,29-30,38H,2-7,9-13,15-16,20-21H2,1H3,(H,39,40)(H,41,42)(H3,34,35,36)/b14-8+,25-22-,28-19-. The monoisotopic (exact) mass is 585 g/mol. The largest absolute Gasteiger partial charge is 0.479 e. The minimum absolute atomic E-state index is 0.0575. The third-order valence-electron chi connectivity index (χ3n) is 8.16. The van der Waals surface area contributed by atoms with Crippen molar-refractivity contribution in [3.63, 3.8) is 0 Å². The van der Waals surface area contributed by atoms with Crippen molar-refractivity contribution in [3.8, 4) is 0 Å². The summed E-state index contributed by atoms with van der Waals surface area (Å²) >= 11 is 0. The van der Waals surface area contributed by atoms with Gasteiger partial charge in [0.1, 0.15) is 12.3 Å². The second kappa shape index (κ2) is 19.8. The van der Waals surface area contributed by atoms with E-state index in [4.69, 9.17) is 5.73 Å². The molecule has 0 saturated heterocycles. The number of carboxylic acids is 2. The van der Waals surface area contributed by atoms with E-state index in [9.17, 15) is 29.7 Å². The molecule has 0 aromatic heterocycles. The van der Waals surface area contributed by atoms with Gasteiger partial charge >= 0.3 is 11.9 Å². The summed E-state index contributed by atoms with van der Waals surface area (Å²) in [6.45, 7) is 2.01. The highest BCUT2D eigenvalue weighted by molar-refractivity contribution is 5.88. The highest BCUT2D eigenvalue weighted by atomic mass is 16.4. The van der Waals surface area contributed by atoms with Gasteiger partial charge in [0.05, 0.1) is 18.2 Å². The van der Waals surface area contributed by atoms with Gasteiger partial charge in [0.25, 0.3) is 0 Å². The van der Waals surface area contributed by atoms with Gasteiger partial charge in [-0.15, -0.1) is 0 Å². The second-order valence-corrected chi connectivity index (χ2v) is 11.6. The maximum absolute atomic E-state index is 12.0. The molecule has 2 aliphatic carbocycles. The fourth-order valence-corrected chi connectivity index (χ4v) is 5.69. The molecule has 0 radical (unpaired) electrons. The van der Waals surface area contributed by atoms with Crippen molar-refractivity contribution in [2.45, 2.75) is 109 Å². The Labute approximate surface area is 250 Å². The zero-order valence-corrected chi connectivity index (χ0v) is 25.1. The number of allylic oxidation sites excluding steroid dienone is 5. The van der Waals surface area contributed by atoms with Crippen LogP contribution in [0.1, 0.15) is 96.8 Å². The number of nitrogens with one attached hydrogen (secondary N) is 1. The molecule has 0 heterocycles. The van der Waals surface area contributed by atoms with Crippen molar-refractivity contribution >= 4 is 24.2 Å². The van der Waals surface area contributed by atoms with Crippen LogP contribution >= 0.6 is 0 Å². The number of aliphatic hydroxyl groups excluding tert-OH is 1. The number of aliphatic imine (C=N–C) groups is 1. The Morgan fingerprint density at radius 2 is 1.88 bits per heavy atom. The van der Waals surface area contributed by atoms with Crippen LogP contribution < -0.4 is 11.1 Å². The first-order valence-electron chi connectivity index (χ1n) is 15.6. The molecule has 0 spiro atoms. The lowest BCUT2D eigenvalue weighted by Gasteiger charge is -2.19. The summed E-state index contributed by atoms with van der Waals surface area (Å²) in [5.74, 6) is -1.55. The van der Waals surface area contributed by atoms with Gasteiger partial charge in [-0.25, -0.2) is 14.6 Å². The first kappa shape index (κ1) is 35.0. The summed E-state index contributed by atoms with van der Waals surface area (Å²) < 4.78 is 0. The number of aliphatic carboxylic acids is 2. The average Bonchev–Trinajstić information content (AvgIpc) is 3.43. The Morgan fingerprint density at radius 1 is 1.12 bits per heavy atom. The molecule has 0 amide bonds. The topological polar surface area (TPSA) is 162 Å². The number of rotatable bonds is 19. The Hall–Kier alpha value is -3.20. The van der Waals surface area contributed by atoms with Crippen LogP contribution in [0.25, 0.3) is 0 Å². The van der Waals surface area contributed by atoms with Crippen LogP contribution in [0.15, 0.2) is 52.6 Å². The third-order valence-corrected chi connectivity index (χ3v) is 8.16. The van der Waals surface area contributed by atoms with Crippen LogP contribution in [0.2, 0.25) is 0 Å². The zero-order chi connectivity index (χ0) is 30.7. The fourth-order valence-electron chi connectivity index (χ4n) is 5.69. The maximum atomic E-state index is 12.0. The van der Waals surface area contributed by atoms with Gasteiger partial charge in [0.15, 0.2) is 5.96 Å². The van der Waals surface area contributed by atoms with Crippen LogP contribution in [0.4, 0.5) is 0 Å². The molecule has 42 heavy (non-hydrogen) atoms. The molecular weight excluding hydrogens is 534 g/mol.